The maximum atomic E-state index is 13.5. The number of rotatable bonds is 47. The molecule has 0 atom stereocenters. The van der Waals surface area contributed by atoms with Crippen molar-refractivity contribution in [3.05, 3.63) is 361 Å². The van der Waals surface area contributed by atoms with Crippen LogP contribution in [0.3, 0.4) is 0 Å². The van der Waals surface area contributed by atoms with Crippen LogP contribution >= 0.6 is 11.3 Å². The van der Waals surface area contributed by atoms with E-state index >= 15 is 0 Å². The van der Waals surface area contributed by atoms with E-state index in [1.54, 1.807) is 126 Å². The highest BCUT2D eigenvalue weighted by Gasteiger charge is 2.20. The summed E-state index contributed by atoms with van der Waals surface area (Å²) in [4.78, 5) is 151. The molecule has 0 unspecified atom stereocenters. The molecule has 0 fully saturated rings. The molecule has 30 heteroatoms. The van der Waals surface area contributed by atoms with Crippen LogP contribution in [0.2, 0.25) is 0 Å². The molecule has 10 aromatic carbocycles. The third kappa shape index (κ3) is 34.3. The van der Waals surface area contributed by atoms with E-state index in [-0.39, 0.29) is 98.1 Å². The summed E-state index contributed by atoms with van der Waals surface area (Å²) in [5.41, 5.74) is 9.32. The molecule has 1 N–H and O–H groups in total. The number of anilines is 3. The predicted molar refractivity (Wildman–Crippen MR) is 511 cm³/mol. The average molecular weight is 1840 g/mol. The van der Waals surface area contributed by atoms with Crippen LogP contribution in [0.1, 0.15) is 126 Å². The van der Waals surface area contributed by atoms with Crippen molar-refractivity contribution in [1.29, 1.82) is 0 Å². The molecule has 29 nitrogen and oxygen atoms in total. The molecule has 0 saturated carbocycles. The Morgan fingerprint density at radius 1 is 0.333 bits per heavy atom. The molecule has 11 aromatic rings. The number of nitrogens with zero attached hydrogens (tertiary/aromatic N) is 4. The van der Waals surface area contributed by atoms with Gasteiger partial charge in [0.1, 0.15) is 23.0 Å². The second-order valence-electron chi connectivity index (χ2n) is 28.5. The van der Waals surface area contributed by atoms with Crippen molar-refractivity contribution in [2.75, 3.05) is 63.3 Å². The minimum absolute atomic E-state index is 0.116. The molecule has 0 aliphatic carbocycles. The number of nitrogens with one attached hydrogen (secondary N) is 1. The van der Waals surface area contributed by atoms with Gasteiger partial charge in [0, 0.05) is 65.1 Å². The number of carbonyl (C=O) groups excluding carboxylic acids is 12. The topological polar surface area (TPSA) is 368 Å². The van der Waals surface area contributed by atoms with Crippen LogP contribution < -0.4 is 29.4 Å². The molecule has 688 valence electrons. The van der Waals surface area contributed by atoms with Gasteiger partial charge in [-0.05, 0) is 219 Å². The lowest BCUT2D eigenvalue weighted by atomic mass is 10.1. The number of hydrogen-bond donors (Lipinski definition) is 1. The Morgan fingerprint density at radius 2 is 0.644 bits per heavy atom. The number of hydrazone groups is 2. The average Bonchev–Trinajstić information content (AvgIpc) is 1.65. The highest BCUT2D eigenvalue weighted by Crippen LogP contribution is 2.34. The molecule has 135 heavy (non-hydrogen) atoms. The summed E-state index contributed by atoms with van der Waals surface area (Å²) in [5.74, 6) is -6.40. The monoisotopic (exact) mass is 1840 g/mol. The summed E-state index contributed by atoms with van der Waals surface area (Å²) in [6.07, 6.45) is 22.7. The fraction of sp³-hybridized carbons (Fsp3) is 0.152. The quantitative estimate of drug-likeness (QED) is 0.00704. The molecule has 0 amide bonds. The number of fused-ring (bicyclic) bond motifs is 3. The highest BCUT2D eigenvalue weighted by molar-refractivity contribution is 7.23. The zero-order valence-electron chi connectivity index (χ0n) is 73.2. The summed E-state index contributed by atoms with van der Waals surface area (Å²) in [5, 5.41) is 13.5. The number of hydrogen-bond acceptors (Lipinski definition) is 30. The highest BCUT2D eigenvalue weighted by atomic mass is 32.1. The van der Waals surface area contributed by atoms with Crippen LogP contribution in [0.5, 0.6) is 23.0 Å². The van der Waals surface area contributed by atoms with E-state index in [2.05, 4.69) is 41.8 Å². The van der Waals surface area contributed by atoms with Gasteiger partial charge < -0.3 is 56.8 Å². The molecule has 0 aliphatic heterocycles. The zero-order chi connectivity index (χ0) is 95.7. The third-order valence-corrected chi connectivity index (χ3v) is 19.8. The lowest BCUT2D eigenvalue weighted by Crippen LogP contribution is -2.12. The van der Waals surface area contributed by atoms with Gasteiger partial charge in [0.25, 0.3) is 0 Å². The molecular formula is C105H93N5O24S. The van der Waals surface area contributed by atoms with E-state index in [1.807, 2.05) is 97.1 Å². The summed E-state index contributed by atoms with van der Waals surface area (Å²) in [7, 11) is 0. The van der Waals surface area contributed by atoms with Gasteiger partial charge in [0.15, 0.2) is 0 Å². The van der Waals surface area contributed by atoms with Crippen LogP contribution in [0, 0.1) is 0 Å². The fourth-order valence-corrected chi connectivity index (χ4v) is 12.8. The summed E-state index contributed by atoms with van der Waals surface area (Å²) >= 11 is 1.43. The maximum Gasteiger partial charge on any atom is 0.343 e. The number of benzene rings is 10. The van der Waals surface area contributed by atoms with Crippen molar-refractivity contribution in [2.45, 2.75) is 51.4 Å². The van der Waals surface area contributed by atoms with E-state index in [0.29, 0.717) is 89.9 Å². The first-order valence-electron chi connectivity index (χ1n) is 42.3. The van der Waals surface area contributed by atoms with Crippen LogP contribution in [0.4, 0.5) is 16.5 Å². The van der Waals surface area contributed by atoms with Crippen LogP contribution in [0.25, 0.3) is 45.3 Å². The van der Waals surface area contributed by atoms with Gasteiger partial charge >= 0.3 is 71.6 Å². The summed E-state index contributed by atoms with van der Waals surface area (Å²) in [6, 6.07) is 65.3. The molecule has 11 rings (SSSR count). The van der Waals surface area contributed by atoms with Crippen molar-refractivity contribution < 1.29 is 114 Å². The largest absolute Gasteiger partial charge is 0.463 e. The van der Waals surface area contributed by atoms with Crippen molar-refractivity contribution in [3.63, 3.8) is 0 Å². The van der Waals surface area contributed by atoms with Crippen LogP contribution in [0.15, 0.2) is 316 Å². The predicted octanol–water partition coefficient (Wildman–Crippen LogP) is 18.9. The lowest BCUT2D eigenvalue weighted by molar-refractivity contribution is -0.140. The van der Waals surface area contributed by atoms with Gasteiger partial charge in [-0.3, -0.25) is 5.43 Å². The minimum atomic E-state index is -0.685. The SMILES string of the molecule is C=CC(=O)OCCCCOC(=O)/C=C/c1ccc(C(=O)Oc2ccc(OC(=O)c3ccc(/C=C/C(=O)OCCCCOC(=O)C=C)cc3)c(/C=N/N(c3ccccc3)c3ccccc3)c2)cc1.C=CC(=O)OCCCCOC(=O)/C=C/c1ccc(C(=O)Oc2ccc(OC(=O)c3ccc(/C=C/C(=O)OCCCCOC(=O)C=C)cc3)c(/C=N/Nc3nc4ccc5ccccc5c4s3)c2)cc1. The Balaban J connectivity index is 0.000000279. The van der Waals surface area contributed by atoms with Crippen molar-refractivity contribution in [3.8, 4) is 23.0 Å². The Hall–Kier alpha value is -17.2. The molecule has 0 saturated heterocycles. The number of ether oxygens (including phenoxy) is 12. The van der Waals surface area contributed by atoms with Gasteiger partial charge in [-0.1, -0.05) is 153 Å². The molecule has 0 bridgehead atoms. The van der Waals surface area contributed by atoms with Crippen molar-refractivity contribution in [2.24, 2.45) is 10.2 Å². The number of para-hydroxylation sites is 2. The molecular weight excluding hydrogens is 1750 g/mol. The number of esters is 12. The van der Waals surface area contributed by atoms with Gasteiger partial charge in [0.05, 0.1) is 109 Å². The number of carbonyl (C=O) groups is 12. The Kier molecular flexibility index (Phi) is 40.3. The first-order chi connectivity index (χ1) is 65.7. The standard InChI is InChI=1S/C53H48N2O12.C52H45N3O12S/c1-3-48(56)62-33-11-13-35-64-50(58)31-23-39-19-25-41(26-20-39)52(60)66-46-29-30-47(43(37-46)38-54-55(44-15-7-5-8-16-44)45-17-9-6-10-18-45)67-53(61)42-27-21-40(22-28-42)24-32-51(59)65-36-14-12-34-63-49(57)4-2;1-3-45(56)62-29-7-9-31-64-47(58)27-17-35-13-19-38(20-14-35)50(60)66-41-24-26-44(40(33-41)34-53-55-52-54-43-25-23-37-11-5-6-12-42(37)49(43)68-52)67-51(61)39-21-15-36(16-22-39)18-28-48(59)65-32-10-8-30-63-46(57)4-2/h3-10,15-32,37-38H,1-2,11-14,33-36H2;3-6,11-28,33-34H,1-2,7-10,29-32H2,(H,54,55)/b31-23+,32-24+,54-38+;27-17+,28-18+,53-34+. The van der Waals surface area contributed by atoms with Crippen LogP contribution in [-0.4, -0.2) is 142 Å². The zero-order valence-corrected chi connectivity index (χ0v) is 74.0. The van der Waals surface area contributed by atoms with E-state index in [0.717, 1.165) is 56.7 Å². The molecule has 0 spiro atoms. The smallest absolute Gasteiger partial charge is 0.343 e. The van der Waals surface area contributed by atoms with E-state index < -0.39 is 71.6 Å². The van der Waals surface area contributed by atoms with Gasteiger partial charge in [0.2, 0.25) is 5.13 Å². The molecule has 0 aliphatic rings. The number of aromatic nitrogens is 1. The maximum absolute atomic E-state index is 13.5. The lowest BCUT2D eigenvalue weighted by Gasteiger charge is -2.19. The summed E-state index contributed by atoms with van der Waals surface area (Å²) < 4.78 is 64.4. The first kappa shape index (κ1) is 100. The number of unbranched alkanes of at least 4 members (excludes halogenated alkanes) is 4. The fourth-order valence-electron chi connectivity index (χ4n) is 11.8. The minimum Gasteiger partial charge on any atom is -0.463 e. The summed E-state index contributed by atoms with van der Waals surface area (Å²) in [6.45, 7) is 14.8. The van der Waals surface area contributed by atoms with Crippen molar-refractivity contribution in [1.82, 2.24) is 4.98 Å². The van der Waals surface area contributed by atoms with E-state index in [9.17, 15) is 57.5 Å². The van der Waals surface area contributed by atoms with Gasteiger partial charge in [-0.2, -0.15) is 10.2 Å². The Morgan fingerprint density at radius 3 is 0.985 bits per heavy atom. The van der Waals surface area contributed by atoms with Gasteiger partial charge in [-0.15, -0.1) is 0 Å². The molecule has 1 heterocycles. The third-order valence-electron chi connectivity index (χ3n) is 18.8. The Labute approximate surface area is 781 Å². The molecule has 1 aromatic heterocycles. The Bertz CT molecular complexity index is 6160. The first-order valence-corrected chi connectivity index (χ1v) is 43.2. The van der Waals surface area contributed by atoms with Crippen molar-refractivity contribution >= 4 is 157 Å². The second-order valence-corrected chi connectivity index (χ2v) is 29.5. The van der Waals surface area contributed by atoms with E-state index in [4.69, 9.17) is 61.9 Å². The van der Waals surface area contributed by atoms with Crippen LogP contribution in [-0.2, 0) is 76.3 Å². The normalized spacial score (nSPS) is 11.0. The number of thiazole rings is 1. The molecule has 0 radical (unpaired) electrons. The second kappa shape index (κ2) is 54.4. The van der Waals surface area contributed by atoms with Gasteiger partial charge in [-0.25, -0.2) is 67.5 Å². The van der Waals surface area contributed by atoms with E-state index in [1.165, 1.54) is 84.5 Å².